The molecule has 1 amide bonds. The molecule has 4 rings (SSSR count). The predicted molar refractivity (Wildman–Crippen MR) is 169 cm³/mol. The second-order valence-electron chi connectivity index (χ2n) is 9.20. The number of carbonyl (C=O) groups is 3. The first-order valence-electron chi connectivity index (χ1n) is 13.7. The Labute approximate surface area is 263 Å². The lowest BCUT2D eigenvalue weighted by Gasteiger charge is -2.13. The van der Waals surface area contributed by atoms with Crippen LogP contribution in [0.1, 0.15) is 46.4 Å². The third kappa shape index (κ3) is 7.34. The van der Waals surface area contributed by atoms with Gasteiger partial charge in [0.1, 0.15) is 32.8 Å². The van der Waals surface area contributed by atoms with E-state index < -0.39 is 23.1 Å². The molecule has 230 valence electrons. The number of rotatable bonds is 12. The molecular formula is C31H32N4O7S2. The molecule has 0 saturated carbocycles. The summed E-state index contributed by atoms with van der Waals surface area (Å²) in [6.07, 6.45) is 0. The Hall–Kier alpha value is -4.49. The summed E-state index contributed by atoms with van der Waals surface area (Å²) >= 11 is 2.07. The number of thiophene rings is 1. The number of benzene rings is 2. The van der Waals surface area contributed by atoms with E-state index in [4.69, 9.17) is 23.9 Å². The Bertz CT molecular complexity index is 1640. The number of hydrogen-bond acceptors (Lipinski definition) is 12. The standard InChI is InChI=1S/C31H32N4O7S2/c1-7-41-29(37)23-17(3)26(30(38)42-8-2)44-28(23)33-27(36)18(4)43-31-32-24(19-9-13-21(39-5)14-10-19)25(34-35-31)20-11-15-22(40-6)16-12-20/h9-16,18H,7-8H2,1-6H3,(H,33,36). The van der Waals surface area contributed by atoms with E-state index in [-0.39, 0.29) is 33.8 Å². The van der Waals surface area contributed by atoms with Crippen molar-refractivity contribution in [2.24, 2.45) is 0 Å². The molecule has 0 aliphatic rings. The largest absolute Gasteiger partial charge is 0.497 e. The fourth-order valence-corrected chi connectivity index (χ4v) is 5.93. The number of esters is 2. The number of aromatic nitrogens is 3. The molecule has 1 atom stereocenters. The molecule has 2 aromatic heterocycles. The Morgan fingerprint density at radius 3 is 1.93 bits per heavy atom. The molecule has 1 N–H and O–H groups in total. The van der Waals surface area contributed by atoms with Gasteiger partial charge in [0.15, 0.2) is 0 Å². The fraction of sp³-hybridized carbons (Fsp3) is 0.290. The molecule has 0 aliphatic heterocycles. The highest BCUT2D eigenvalue weighted by molar-refractivity contribution is 8.00. The second kappa shape index (κ2) is 14.8. The summed E-state index contributed by atoms with van der Waals surface area (Å²) in [4.78, 5) is 43.6. The zero-order chi connectivity index (χ0) is 31.8. The van der Waals surface area contributed by atoms with Crippen molar-refractivity contribution >= 4 is 45.9 Å². The van der Waals surface area contributed by atoms with E-state index in [2.05, 4.69) is 15.5 Å². The molecule has 2 aromatic carbocycles. The summed E-state index contributed by atoms with van der Waals surface area (Å²) in [5.74, 6) is -0.247. The highest BCUT2D eigenvalue weighted by Crippen LogP contribution is 2.36. The van der Waals surface area contributed by atoms with Crippen molar-refractivity contribution in [3.8, 4) is 34.0 Å². The van der Waals surface area contributed by atoms with Gasteiger partial charge in [-0.25, -0.2) is 14.6 Å². The molecule has 0 fully saturated rings. The highest BCUT2D eigenvalue weighted by Gasteiger charge is 2.29. The highest BCUT2D eigenvalue weighted by atomic mass is 32.2. The summed E-state index contributed by atoms with van der Waals surface area (Å²) in [6, 6.07) is 14.8. The molecule has 0 aliphatic carbocycles. The Morgan fingerprint density at radius 2 is 1.39 bits per heavy atom. The Morgan fingerprint density at radius 1 is 0.841 bits per heavy atom. The predicted octanol–water partition coefficient (Wildman–Crippen LogP) is 6.07. The molecule has 0 saturated heterocycles. The fourth-order valence-electron chi connectivity index (χ4n) is 4.12. The molecule has 13 heteroatoms. The molecule has 2 heterocycles. The Balaban J connectivity index is 1.63. The minimum absolute atomic E-state index is 0.119. The summed E-state index contributed by atoms with van der Waals surface area (Å²) in [7, 11) is 3.19. The number of hydrogen-bond donors (Lipinski definition) is 1. The molecule has 0 spiro atoms. The SMILES string of the molecule is CCOC(=O)c1sc(NC(=O)C(C)Sc2nnc(-c3ccc(OC)cc3)c(-c3ccc(OC)cc3)n2)c(C(=O)OCC)c1C. The lowest BCUT2D eigenvalue weighted by atomic mass is 10.0. The smallest absolute Gasteiger partial charge is 0.348 e. The maximum absolute atomic E-state index is 13.3. The summed E-state index contributed by atoms with van der Waals surface area (Å²) in [6.45, 7) is 6.98. The molecule has 0 bridgehead atoms. The van der Waals surface area contributed by atoms with Crippen LogP contribution in [0.15, 0.2) is 53.7 Å². The van der Waals surface area contributed by atoms with Crippen LogP contribution in [0.5, 0.6) is 11.5 Å². The first-order valence-corrected chi connectivity index (χ1v) is 15.4. The van der Waals surface area contributed by atoms with E-state index in [1.165, 1.54) is 0 Å². The van der Waals surface area contributed by atoms with Crippen LogP contribution in [-0.2, 0) is 14.3 Å². The third-order valence-corrected chi connectivity index (χ3v) is 8.51. The maximum atomic E-state index is 13.3. The maximum Gasteiger partial charge on any atom is 0.348 e. The van der Waals surface area contributed by atoms with Gasteiger partial charge >= 0.3 is 11.9 Å². The van der Waals surface area contributed by atoms with Gasteiger partial charge in [0.05, 0.1) is 38.2 Å². The van der Waals surface area contributed by atoms with Gasteiger partial charge in [-0.1, -0.05) is 11.8 Å². The van der Waals surface area contributed by atoms with Crippen molar-refractivity contribution in [3.63, 3.8) is 0 Å². The number of anilines is 1. The van der Waals surface area contributed by atoms with Crippen LogP contribution in [0.3, 0.4) is 0 Å². The van der Waals surface area contributed by atoms with Gasteiger partial charge in [-0.05, 0) is 81.8 Å². The summed E-state index contributed by atoms with van der Waals surface area (Å²) in [5.41, 5.74) is 3.20. The van der Waals surface area contributed by atoms with Gasteiger partial charge in [-0.15, -0.1) is 21.5 Å². The number of thioether (sulfide) groups is 1. The van der Waals surface area contributed by atoms with Crippen molar-refractivity contribution in [3.05, 3.63) is 64.5 Å². The van der Waals surface area contributed by atoms with E-state index >= 15 is 0 Å². The van der Waals surface area contributed by atoms with E-state index in [0.29, 0.717) is 28.5 Å². The van der Waals surface area contributed by atoms with Gasteiger partial charge in [0.25, 0.3) is 0 Å². The quantitative estimate of drug-likeness (QED) is 0.143. The topological polar surface area (TPSA) is 139 Å². The van der Waals surface area contributed by atoms with Crippen LogP contribution in [-0.4, -0.2) is 65.7 Å². The Kier molecular flexibility index (Phi) is 10.9. The number of amides is 1. The normalized spacial score (nSPS) is 11.4. The first-order chi connectivity index (χ1) is 21.2. The van der Waals surface area contributed by atoms with E-state index in [1.807, 2.05) is 48.5 Å². The number of methoxy groups -OCH3 is 2. The van der Waals surface area contributed by atoms with Gasteiger partial charge in [-0.2, -0.15) is 0 Å². The molecule has 11 nitrogen and oxygen atoms in total. The minimum atomic E-state index is -0.698. The van der Waals surface area contributed by atoms with Crippen LogP contribution >= 0.6 is 23.1 Å². The van der Waals surface area contributed by atoms with Crippen molar-refractivity contribution < 1.29 is 33.3 Å². The zero-order valence-corrected chi connectivity index (χ0v) is 26.8. The number of ether oxygens (including phenoxy) is 4. The minimum Gasteiger partial charge on any atom is -0.497 e. The average molecular weight is 637 g/mol. The van der Waals surface area contributed by atoms with E-state index in [0.717, 1.165) is 34.2 Å². The van der Waals surface area contributed by atoms with Crippen LogP contribution in [0.2, 0.25) is 0 Å². The molecule has 0 radical (unpaired) electrons. The summed E-state index contributed by atoms with van der Waals surface area (Å²) < 4.78 is 20.9. The third-order valence-electron chi connectivity index (χ3n) is 6.37. The van der Waals surface area contributed by atoms with Crippen LogP contribution < -0.4 is 14.8 Å². The van der Waals surface area contributed by atoms with Crippen LogP contribution in [0, 0.1) is 6.92 Å². The van der Waals surface area contributed by atoms with Gasteiger partial charge in [0, 0.05) is 11.1 Å². The zero-order valence-electron chi connectivity index (χ0n) is 25.1. The van der Waals surface area contributed by atoms with E-state index in [1.54, 1.807) is 41.9 Å². The molecular weight excluding hydrogens is 604 g/mol. The van der Waals surface area contributed by atoms with Crippen LogP contribution in [0.25, 0.3) is 22.5 Å². The molecule has 44 heavy (non-hydrogen) atoms. The van der Waals surface area contributed by atoms with Crippen molar-refractivity contribution in [1.82, 2.24) is 15.2 Å². The van der Waals surface area contributed by atoms with Crippen molar-refractivity contribution in [1.29, 1.82) is 0 Å². The molecule has 4 aromatic rings. The number of carbonyl (C=O) groups excluding carboxylic acids is 3. The number of nitrogens with zero attached hydrogens (tertiary/aromatic N) is 3. The van der Waals surface area contributed by atoms with Gasteiger partial charge in [-0.3, -0.25) is 4.79 Å². The number of nitrogens with one attached hydrogen (secondary N) is 1. The monoisotopic (exact) mass is 636 g/mol. The van der Waals surface area contributed by atoms with Crippen LogP contribution in [0.4, 0.5) is 5.00 Å². The van der Waals surface area contributed by atoms with Crippen molar-refractivity contribution in [2.75, 3.05) is 32.8 Å². The van der Waals surface area contributed by atoms with E-state index in [9.17, 15) is 14.4 Å². The lowest BCUT2D eigenvalue weighted by molar-refractivity contribution is -0.115. The second-order valence-corrected chi connectivity index (χ2v) is 11.5. The van der Waals surface area contributed by atoms with Gasteiger partial charge in [0.2, 0.25) is 11.1 Å². The lowest BCUT2D eigenvalue weighted by Crippen LogP contribution is -2.23. The van der Waals surface area contributed by atoms with Crippen molar-refractivity contribution in [2.45, 2.75) is 38.1 Å². The first kappa shape index (κ1) is 32.4. The van der Waals surface area contributed by atoms with Gasteiger partial charge < -0.3 is 24.3 Å². The summed E-state index contributed by atoms with van der Waals surface area (Å²) in [5, 5.41) is 11.4. The molecule has 1 unspecified atom stereocenters. The average Bonchev–Trinajstić information content (AvgIpc) is 3.36.